The van der Waals surface area contributed by atoms with Gasteiger partial charge in [0.05, 0.1) is 26.4 Å². The lowest BCUT2D eigenvalue weighted by Crippen LogP contribution is -2.17. The van der Waals surface area contributed by atoms with Crippen molar-refractivity contribution in [2.24, 2.45) is 5.73 Å². The second kappa shape index (κ2) is 13.3. The molecule has 1 aromatic heterocycles. The van der Waals surface area contributed by atoms with E-state index >= 15 is 0 Å². The smallest absolute Gasteiger partial charge is 0.231 e. The lowest BCUT2D eigenvalue weighted by molar-refractivity contribution is 0.0547. The van der Waals surface area contributed by atoms with Gasteiger partial charge in [-0.15, -0.1) is 0 Å². The molecule has 0 spiro atoms. The number of anilines is 3. The first kappa shape index (κ1) is 24.5. The van der Waals surface area contributed by atoms with Crippen LogP contribution in [0, 0.1) is 0 Å². The van der Waals surface area contributed by atoms with Crippen molar-refractivity contribution in [2.75, 3.05) is 62.3 Å². The number of fused-ring (bicyclic) bond motifs is 1. The van der Waals surface area contributed by atoms with Gasteiger partial charge in [-0.25, -0.2) is 0 Å². The lowest BCUT2D eigenvalue weighted by atomic mass is 10.2. The Kier molecular flexibility index (Phi) is 9.28. The summed E-state index contributed by atoms with van der Waals surface area (Å²) in [7, 11) is 0. The predicted octanol–water partition coefficient (Wildman–Crippen LogP) is 2.23. The summed E-state index contributed by atoms with van der Waals surface area (Å²) in [4.78, 5) is 13.5. The molecule has 0 bridgehead atoms. The van der Waals surface area contributed by atoms with Gasteiger partial charge in [0.2, 0.25) is 24.6 Å². The molecule has 0 saturated heterocycles. The third-order valence-electron chi connectivity index (χ3n) is 4.98. The Hall–Kier alpha value is -3.67. The number of aromatic nitrogens is 3. The Balaban J connectivity index is 1.34. The molecule has 0 aliphatic carbocycles. The number of ether oxygens (including phenoxy) is 4. The molecule has 2 heterocycles. The minimum Gasteiger partial charge on any atom is -0.454 e. The highest BCUT2D eigenvalue weighted by atomic mass is 16.7. The number of rotatable bonds is 15. The Morgan fingerprint density at radius 2 is 1.37 bits per heavy atom. The minimum absolute atomic E-state index is 0.246. The maximum absolute atomic E-state index is 5.56. The molecular weight excluding hydrogens is 450 g/mol. The zero-order valence-corrected chi connectivity index (χ0v) is 19.5. The zero-order chi connectivity index (χ0) is 24.1. The van der Waals surface area contributed by atoms with E-state index in [0.29, 0.717) is 70.5 Å². The molecule has 0 radical (unpaired) electrons. The van der Waals surface area contributed by atoms with Gasteiger partial charge in [-0.1, -0.05) is 36.4 Å². The van der Waals surface area contributed by atoms with E-state index in [0.717, 1.165) is 22.6 Å². The Labute approximate surface area is 204 Å². The van der Waals surface area contributed by atoms with Crippen LogP contribution in [0.2, 0.25) is 0 Å². The van der Waals surface area contributed by atoms with Crippen LogP contribution < -0.4 is 31.2 Å². The first-order valence-corrected chi connectivity index (χ1v) is 11.6. The average molecular weight is 482 g/mol. The topological polar surface area (TPSA) is 138 Å². The van der Waals surface area contributed by atoms with E-state index in [1.165, 1.54) is 0 Å². The summed E-state index contributed by atoms with van der Waals surface area (Å²) in [5, 5.41) is 9.73. The van der Waals surface area contributed by atoms with E-state index in [-0.39, 0.29) is 6.79 Å². The fourth-order valence-electron chi connectivity index (χ4n) is 3.26. The van der Waals surface area contributed by atoms with Crippen LogP contribution in [0.4, 0.5) is 17.8 Å². The van der Waals surface area contributed by atoms with Gasteiger partial charge in [-0.2, -0.15) is 15.0 Å². The normalized spacial score (nSPS) is 11.9. The molecule has 1 aliphatic heterocycles. The van der Waals surface area contributed by atoms with Gasteiger partial charge in [-0.3, -0.25) is 0 Å². The third kappa shape index (κ3) is 7.95. The van der Waals surface area contributed by atoms with E-state index in [9.17, 15) is 0 Å². The maximum atomic E-state index is 5.56. The summed E-state index contributed by atoms with van der Waals surface area (Å²) in [6.07, 6.45) is 0. The van der Waals surface area contributed by atoms with Crippen molar-refractivity contribution in [3.05, 3.63) is 59.7 Å². The van der Waals surface area contributed by atoms with Crippen LogP contribution in [0.25, 0.3) is 0 Å². The quantitative estimate of drug-likeness (QED) is 0.238. The van der Waals surface area contributed by atoms with Crippen molar-refractivity contribution in [3.8, 4) is 11.5 Å². The van der Waals surface area contributed by atoms with Crippen LogP contribution in [0.1, 0.15) is 11.1 Å². The molecule has 0 fully saturated rings. The predicted molar refractivity (Wildman–Crippen MR) is 133 cm³/mol. The summed E-state index contributed by atoms with van der Waals surface area (Å²) in [5.41, 5.74) is 7.54. The highest BCUT2D eigenvalue weighted by Gasteiger charge is 2.13. The second-order valence-electron chi connectivity index (χ2n) is 7.63. The first-order valence-electron chi connectivity index (χ1n) is 11.6. The third-order valence-corrected chi connectivity index (χ3v) is 4.98. The van der Waals surface area contributed by atoms with Gasteiger partial charge in [0.25, 0.3) is 0 Å². The van der Waals surface area contributed by atoms with Gasteiger partial charge in [0.1, 0.15) is 0 Å². The van der Waals surface area contributed by atoms with Crippen molar-refractivity contribution < 1.29 is 18.9 Å². The zero-order valence-electron chi connectivity index (χ0n) is 19.5. The van der Waals surface area contributed by atoms with Crippen LogP contribution in [-0.2, 0) is 22.6 Å². The van der Waals surface area contributed by atoms with Crippen LogP contribution in [0.15, 0.2) is 48.5 Å². The molecule has 0 saturated carbocycles. The number of hydrogen-bond acceptors (Lipinski definition) is 11. The highest BCUT2D eigenvalue weighted by molar-refractivity contribution is 5.46. The lowest BCUT2D eigenvalue weighted by Gasteiger charge is -2.12. The van der Waals surface area contributed by atoms with Gasteiger partial charge in [-0.05, 0) is 23.3 Å². The van der Waals surface area contributed by atoms with Crippen molar-refractivity contribution in [2.45, 2.75) is 13.1 Å². The molecule has 0 unspecified atom stereocenters. The summed E-state index contributed by atoms with van der Waals surface area (Å²) < 4.78 is 21.7. The summed E-state index contributed by atoms with van der Waals surface area (Å²) in [6, 6.07) is 15.9. The Bertz CT molecular complexity index is 1060. The van der Waals surface area contributed by atoms with E-state index in [2.05, 4.69) is 30.9 Å². The molecule has 5 N–H and O–H groups in total. The van der Waals surface area contributed by atoms with Crippen LogP contribution in [0.5, 0.6) is 11.5 Å². The summed E-state index contributed by atoms with van der Waals surface area (Å²) >= 11 is 0. The molecule has 0 atom stereocenters. The van der Waals surface area contributed by atoms with Crippen molar-refractivity contribution in [3.63, 3.8) is 0 Å². The highest BCUT2D eigenvalue weighted by Crippen LogP contribution is 2.32. The van der Waals surface area contributed by atoms with Crippen molar-refractivity contribution in [1.29, 1.82) is 0 Å². The van der Waals surface area contributed by atoms with Crippen LogP contribution in [-0.4, -0.2) is 61.3 Å². The average Bonchev–Trinajstić information content (AvgIpc) is 3.36. The van der Waals surface area contributed by atoms with Gasteiger partial charge in [0, 0.05) is 26.2 Å². The molecule has 35 heavy (non-hydrogen) atoms. The monoisotopic (exact) mass is 481 g/mol. The number of nitrogens with one attached hydrogen (secondary N) is 3. The fraction of sp³-hybridized carbons (Fsp3) is 0.375. The summed E-state index contributed by atoms with van der Waals surface area (Å²) in [5.74, 6) is 2.86. The molecular formula is C24H31N7O4. The number of hydrogen-bond donors (Lipinski definition) is 4. The van der Waals surface area contributed by atoms with Crippen LogP contribution >= 0.6 is 0 Å². The molecule has 4 rings (SSSR count). The van der Waals surface area contributed by atoms with Crippen LogP contribution in [0.3, 0.4) is 0 Å². The number of nitrogens with zero attached hydrogens (tertiary/aromatic N) is 3. The molecule has 1 aliphatic rings. The first-order chi connectivity index (χ1) is 17.3. The second-order valence-corrected chi connectivity index (χ2v) is 7.63. The Morgan fingerprint density at radius 3 is 2.11 bits per heavy atom. The van der Waals surface area contributed by atoms with E-state index in [1.807, 2.05) is 48.5 Å². The number of benzene rings is 2. The molecule has 0 amide bonds. The van der Waals surface area contributed by atoms with Crippen molar-refractivity contribution in [1.82, 2.24) is 15.0 Å². The molecule has 11 heteroatoms. The fourth-order valence-corrected chi connectivity index (χ4v) is 3.26. The van der Waals surface area contributed by atoms with Gasteiger partial charge in [0.15, 0.2) is 11.5 Å². The SMILES string of the molecule is NCCOCCOCCNc1nc(NCc2ccccc2)nc(NCc2ccc3c(c2)OCO3)n1. The maximum Gasteiger partial charge on any atom is 0.231 e. The number of nitrogens with two attached hydrogens (primary N) is 1. The molecule has 3 aromatic rings. The van der Waals surface area contributed by atoms with E-state index in [1.54, 1.807) is 0 Å². The summed E-state index contributed by atoms with van der Waals surface area (Å²) in [6.45, 7) is 4.46. The van der Waals surface area contributed by atoms with Gasteiger partial charge < -0.3 is 40.6 Å². The standard InChI is InChI=1S/C24H31N7O4/c25-8-10-32-12-13-33-11-9-26-22-29-23(27-15-18-4-2-1-3-5-18)31-24(30-22)28-16-19-6-7-20-21(14-19)35-17-34-20/h1-7,14H,8-13,15-17,25H2,(H3,26,27,28,29,30,31). The van der Waals surface area contributed by atoms with E-state index < -0.39 is 0 Å². The van der Waals surface area contributed by atoms with Crippen molar-refractivity contribution >= 4 is 17.8 Å². The molecule has 11 nitrogen and oxygen atoms in total. The Morgan fingerprint density at radius 1 is 0.714 bits per heavy atom. The largest absolute Gasteiger partial charge is 0.454 e. The van der Waals surface area contributed by atoms with E-state index in [4.69, 9.17) is 24.7 Å². The van der Waals surface area contributed by atoms with Gasteiger partial charge >= 0.3 is 0 Å². The molecule has 186 valence electrons. The molecule has 2 aromatic carbocycles. The minimum atomic E-state index is 0.246.